The van der Waals surface area contributed by atoms with E-state index in [-0.39, 0.29) is 5.57 Å². The van der Waals surface area contributed by atoms with Crippen molar-refractivity contribution in [2.75, 3.05) is 13.2 Å². The van der Waals surface area contributed by atoms with Gasteiger partial charge in [-0.3, -0.25) is 0 Å². The Morgan fingerprint density at radius 2 is 1.55 bits per heavy atom. The lowest BCUT2D eigenvalue weighted by Crippen LogP contribution is -2.15. The van der Waals surface area contributed by atoms with Crippen molar-refractivity contribution in [1.29, 1.82) is 0 Å². The average molecular weight is 306 g/mol. The zero-order valence-electron chi connectivity index (χ0n) is 13.8. The molecule has 22 heavy (non-hydrogen) atoms. The van der Waals surface area contributed by atoms with Crippen LogP contribution >= 0.6 is 0 Å². The number of carbonyl (C=O) groups excluding carboxylic acids is 2. The van der Waals surface area contributed by atoms with Crippen LogP contribution in [0.2, 0.25) is 0 Å². The lowest BCUT2D eigenvalue weighted by Gasteiger charge is -2.09. The van der Waals surface area contributed by atoms with Crippen LogP contribution < -0.4 is 0 Å². The highest BCUT2D eigenvalue weighted by molar-refractivity contribution is 6.04. The predicted octanol–water partition coefficient (Wildman–Crippen LogP) is 3.88. The predicted molar refractivity (Wildman–Crippen MR) is 86.3 cm³/mol. The smallest absolute Gasteiger partial charge is 0.339 e. The van der Waals surface area contributed by atoms with E-state index in [0.29, 0.717) is 25.2 Å². The van der Waals surface area contributed by atoms with Crippen molar-refractivity contribution in [3.63, 3.8) is 0 Å². The normalized spacial score (nSPS) is 14.4. The molecule has 0 heterocycles. The largest absolute Gasteiger partial charge is 0.462 e. The summed E-state index contributed by atoms with van der Waals surface area (Å²) in [5, 5.41) is 0. The standard InChI is InChI=1S/C18H26O4/c1-4-6-11-21-17(19)15-10-8-9-14(3)13-16(15)18(20)22-12-7-5-2/h8,10,13H,4-7,9,11-12H2,1-3H3. The fraction of sp³-hybridized carbons (Fsp3) is 0.556. The molecular formula is C18H26O4. The maximum absolute atomic E-state index is 12.2. The van der Waals surface area contributed by atoms with Crippen LogP contribution in [0.25, 0.3) is 0 Å². The number of unbranched alkanes of at least 4 members (excludes halogenated alkanes) is 2. The van der Waals surface area contributed by atoms with Gasteiger partial charge in [0.15, 0.2) is 0 Å². The molecule has 0 spiro atoms. The summed E-state index contributed by atoms with van der Waals surface area (Å²) in [7, 11) is 0. The van der Waals surface area contributed by atoms with Crippen LogP contribution in [0.5, 0.6) is 0 Å². The number of esters is 2. The van der Waals surface area contributed by atoms with Crippen molar-refractivity contribution in [3.8, 4) is 0 Å². The van der Waals surface area contributed by atoms with Gasteiger partial charge in [-0.25, -0.2) is 9.59 Å². The first-order valence-corrected chi connectivity index (χ1v) is 8.02. The van der Waals surface area contributed by atoms with Crippen molar-refractivity contribution < 1.29 is 19.1 Å². The summed E-state index contributed by atoms with van der Waals surface area (Å²) >= 11 is 0. The third-order valence-electron chi connectivity index (χ3n) is 3.31. The molecule has 0 aliphatic heterocycles. The van der Waals surface area contributed by atoms with E-state index < -0.39 is 11.9 Å². The Bertz CT molecular complexity index is 483. The Morgan fingerprint density at radius 3 is 2.09 bits per heavy atom. The molecule has 0 aromatic carbocycles. The molecule has 4 nitrogen and oxygen atoms in total. The molecule has 0 aromatic heterocycles. The molecule has 0 radical (unpaired) electrons. The quantitative estimate of drug-likeness (QED) is 0.504. The lowest BCUT2D eigenvalue weighted by atomic mass is 10.1. The second-order valence-electron chi connectivity index (χ2n) is 5.40. The summed E-state index contributed by atoms with van der Waals surface area (Å²) in [6, 6.07) is 0. The van der Waals surface area contributed by atoms with Crippen LogP contribution in [0.4, 0.5) is 0 Å². The molecule has 1 rings (SSSR count). The fourth-order valence-electron chi connectivity index (χ4n) is 1.96. The van der Waals surface area contributed by atoms with Crippen LogP contribution in [0, 0.1) is 0 Å². The van der Waals surface area contributed by atoms with E-state index in [9.17, 15) is 9.59 Å². The minimum absolute atomic E-state index is 0.287. The third kappa shape index (κ3) is 5.88. The summed E-state index contributed by atoms with van der Waals surface area (Å²) in [5.41, 5.74) is 1.59. The van der Waals surface area contributed by atoms with Gasteiger partial charge >= 0.3 is 11.9 Å². The van der Waals surface area contributed by atoms with Crippen LogP contribution in [-0.4, -0.2) is 25.2 Å². The van der Waals surface area contributed by atoms with E-state index in [1.165, 1.54) is 0 Å². The molecule has 4 heteroatoms. The number of hydrogen-bond donors (Lipinski definition) is 0. The average Bonchev–Trinajstić information content (AvgIpc) is 2.69. The number of allylic oxidation sites excluding steroid dienone is 2. The summed E-state index contributed by atoms with van der Waals surface area (Å²) < 4.78 is 10.5. The van der Waals surface area contributed by atoms with Crippen LogP contribution in [0.1, 0.15) is 52.9 Å². The van der Waals surface area contributed by atoms with Gasteiger partial charge in [0, 0.05) is 0 Å². The SMILES string of the molecule is CCCCOC(=O)C1=C(C(=O)OCCCC)C=C(C)CC=C1. The van der Waals surface area contributed by atoms with Gasteiger partial charge < -0.3 is 9.47 Å². The zero-order chi connectivity index (χ0) is 16.4. The first kappa shape index (κ1) is 18.2. The molecule has 0 aromatic rings. The van der Waals surface area contributed by atoms with E-state index in [0.717, 1.165) is 31.3 Å². The summed E-state index contributed by atoms with van der Waals surface area (Å²) in [4.78, 5) is 24.5. The molecule has 0 bridgehead atoms. The molecule has 0 N–H and O–H groups in total. The van der Waals surface area contributed by atoms with Gasteiger partial charge in [-0.1, -0.05) is 44.4 Å². The number of rotatable bonds is 8. The van der Waals surface area contributed by atoms with E-state index in [4.69, 9.17) is 9.47 Å². The van der Waals surface area contributed by atoms with Crippen molar-refractivity contribution in [1.82, 2.24) is 0 Å². The van der Waals surface area contributed by atoms with Crippen molar-refractivity contribution in [2.45, 2.75) is 52.9 Å². The Labute approximate surface area is 132 Å². The van der Waals surface area contributed by atoms with Gasteiger partial charge in [0.2, 0.25) is 0 Å². The second kappa shape index (κ2) is 9.98. The molecule has 0 fully saturated rings. The zero-order valence-corrected chi connectivity index (χ0v) is 13.8. The number of carbonyl (C=O) groups is 2. The summed E-state index contributed by atoms with van der Waals surface area (Å²) in [5.74, 6) is -0.917. The molecule has 122 valence electrons. The number of ether oxygens (including phenoxy) is 2. The van der Waals surface area contributed by atoms with E-state index in [1.54, 1.807) is 12.2 Å². The monoisotopic (exact) mass is 306 g/mol. The van der Waals surface area contributed by atoms with Crippen LogP contribution in [0.3, 0.4) is 0 Å². The molecule has 0 saturated heterocycles. The Hall–Kier alpha value is -1.84. The minimum Gasteiger partial charge on any atom is -0.462 e. The van der Waals surface area contributed by atoms with E-state index in [2.05, 4.69) is 0 Å². The summed E-state index contributed by atoms with van der Waals surface area (Å²) in [6.07, 6.45) is 9.50. The first-order chi connectivity index (χ1) is 10.6. The highest BCUT2D eigenvalue weighted by atomic mass is 16.5. The van der Waals surface area contributed by atoms with Gasteiger partial charge in [-0.15, -0.1) is 0 Å². The molecule has 0 unspecified atom stereocenters. The maximum atomic E-state index is 12.2. The van der Waals surface area contributed by atoms with Crippen molar-refractivity contribution in [3.05, 3.63) is 34.9 Å². The molecule has 0 saturated carbocycles. The Morgan fingerprint density at radius 1 is 1.00 bits per heavy atom. The number of hydrogen-bond acceptors (Lipinski definition) is 4. The van der Waals surface area contributed by atoms with Crippen LogP contribution in [-0.2, 0) is 19.1 Å². The Kier molecular flexibility index (Phi) is 8.26. The first-order valence-electron chi connectivity index (χ1n) is 8.02. The van der Waals surface area contributed by atoms with Gasteiger partial charge in [-0.05, 0) is 32.3 Å². The van der Waals surface area contributed by atoms with Crippen LogP contribution in [0.15, 0.2) is 34.9 Å². The highest BCUT2D eigenvalue weighted by Gasteiger charge is 2.21. The molecule has 0 amide bonds. The van der Waals surface area contributed by atoms with Gasteiger partial charge in [0.25, 0.3) is 0 Å². The Balaban J connectivity index is 2.93. The molecule has 0 atom stereocenters. The lowest BCUT2D eigenvalue weighted by molar-refractivity contribution is -0.141. The summed E-state index contributed by atoms with van der Waals surface area (Å²) in [6.45, 7) is 6.72. The maximum Gasteiger partial charge on any atom is 0.339 e. The fourth-order valence-corrected chi connectivity index (χ4v) is 1.96. The topological polar surface area (TPSA) is 52.6 Å². The van der Waals surface area contributed by atoms with Crippen molar-refractivity contribution in [2.24, 2.45) is 0 Å². The van der Waals surface area contributed by atoms with E-state index in [1.807, 2.05) is 26.8 Å². The minimum atomic E-state index is -0.460. The highest BCUT2D eigenvalue weighted by Crippen LogP contribution is 2.20. The molecule has 1 aliphatic rings. The third-order valence-corrected chi connectivity index (χ3v) is 3.31. The van der Waals surface area contributed by atoms with Gasteiger partial charge in [-0.2, -0.15) is 0 Å². The van der Waals surface area contributed by atoms with Gasteiger partial charge in [0.05, 0.1) is 24.4 Å². The second-order valence-corrected chi connectivity index (χ2v) is 5.40. The molecule has 1 aliphatic carbocycles. The molecular weight excluding hydrogens is 280 g/mol. The van der Waals surface area contributed by atoms with Crippen molar-refractivity contribution >= 4 is 11.9 Å². The van der Waals surface area contributed by atoms with E-state index >= 15 is 0 Å². The van der Waals surface area contributed by atoms with Gasteiger partial charge in [0.1, 0.15) is 0 Å².